The van der Waals surface area contributed by atoms with Gasteiger partial charge in [-0.1, -0.05) is 44.1 Å². The number of benzene rings is 1. The number of carbonyl (C=O) groups is 2. The SMILES string of the molecule is CC/C=C\C(=C/OC)C1(C(=O)N2C[C@H](F)C[C@@H]2C(=O)Nc2ccccc2C#N)CCCC1. The Balaban J connectivity index is 1.90. The van der Waals surface area contributed by atoms with Crippen molar-refractivity contribution in [3.8, 4) is 6.07 Å². The van der Waals surface area contributed by atoms with Crippen molar-refractivity contribution in [3.63, 3.8) is 0 Å². The van der Waals surface area contributed by atoms with Crippen molar-refractivity contribution in [3.05, 3.63) is 53.8 Å². The average molecular weight is 440 g/mol. The minimum Gasteiger partial charge on any atom is -0.504 e. The zero-order chi connectivity index (χ0) is 23.1. The van der Waals surface area contributed by atoms with Gasteiger partial charge in [0.25, 0.3) is 0 Å². The lowest BCUT2D eigenvalue weighted by molar-refractivity contribution is -0.143. The molecule has 1 aliphatic heterocycles. The molecule has 1 saturated carbocycles. The van der Waals surface area contributed by atoms with Crippen LogP contribution in [0.25, 0.3) is 0 Å². The van der Waals surface area contributed by atoms with Crippen LogP contribution in [0, 0.1) is 16.7 Å². The molecule has 0 radical (unpaired) electrons. The Morgan fingerprint density at radius 2 is 2.06 bits per heavy atom. The maximum absolute atomic E-state index is 14.5. The summed E-state index contributed by atoms with van der Waals surface area (Å²) in [6.45, 7) is 1.90. The Bertz CT molecular complexity index is 944. The monoisotopic (exact) mass is 439 g/mol. The van der Waals surface area contributed by atoms with Crippen LogP contribution in [-0.2, 0) is 14.3 Å². The topological polar surface area (TPSA) is 82.4 Å². The van der Waals surface area contributed by atoms with E-state index < -0.39 is 23.5 Å². The first kappa shape index (κ1) is 23.5. The zero-order valence-electron chi connectivity index (χ0n) is 18.6. The van der Waals surface area contributed by atoms with Gasteiger partial charge in [-0.05, 0) is 31.4 Å². The van der Waals surface area contributed by atoms with Gasteiger partial charge in [0.15, 0.2) is 0 Å². The van der Waals surface area contributed by atoms with Crippen molar-refractivity contribution in [2.24, 2.45) is 5.41 Å². The highest BCUT2D eigenvalue weighted by atomic mass is 19.1. The number of allylic oxidation sites excluding steroid dienone is 2. The summed E-state index contributed by atoms with van der Waals surface area (Å²) in [6, 6.07) is 7.74. The quantitative estimate of drug-likeness (QED) is 0.501. The molecule has 0 spiro atoms. The standard InChI is InChI=1S/C25H30FN3O3/c1-3-4-10-19(17-32-2)25(12-7-8-13-25)24(31)29-16-20(26)14-22(29)23(30)28-21-11-6-5-9-18(21)15-27/h4-6,9-11,17,20,22H,3,7-8,12-14,16H2,1-2H3,(H,28,30)/b10-4-,19-17+/t20-,22-/m1/s1. The molecule has 0 aromatic heterocycles. The Labute approximate surface area is 188 Å². The second-order valence-electron chi connectivity index (χ2n) is 8.36. The molecule has 2 aliphatic rings. The summed E-state index contributed by atoms with van der Waals surface area (Å²) in [5.41, 5.74) is 0.613. The third kappa shape index (κ3) is 4.69. The first-order valence-corrected chi connectivity index (χ1v) is 11.1. The van der Waals surface area contributed by atoms with Crippen molar-refractivity contribution in [1.82, 2.24) is 4.90 Å². The number of amides is 2. The van der Waals surface area contributed by atoms with Gasteiger partial charge >= 0.3 is 0 Å². The number of hydrogen-bond donors (Lipinski definition) is 1. The van der Waals surface area contributed by atoms with Crippen molar-refractivity contribution in [2.45, 2.75) is 57.7 Å². The molecule has 2 amide bonds. The number of nitrogens with one attached hydrogen (secondary N) is 1. The number of alkyl halides is 1. The average Bonchev–Trinajstić information content (AvgIpc) is 3.44. The fourth-order valence-electron chi connectivity index (χ4n) is 4.73. The summed E-state index contributed by atoms with van der Waals surface area (Å²) in [7, 11) is 1.54. The fraction of sp³-hybridized carbons (Fsp3) is 0.480. The van der Waals surface area contributed by atoms with Crippen LogP contribution >= 0.6 is 0 Å². The van der Waals surface area contributed by atoms with E-state index in [0.29, 0.717) is 24.1 Å². The molecule has 1 aliphatic carbocycles. The van der Waals surface area contributed by atoms with E-state index in [0.717, 1.165) is 24.8 Å². The molecule has 2 atom stereocenters. The number of nitrogens with zero attached hydrogens (tertiary/aromatic N) is 2. The van der Waals surface area contributed by atoms with Gasteiger partial charge in [0.05, 0.1) is 36.6 Å². The molecule has 1 saturated heterocycles. The van der Waals surface area contributed by atoms with Crippen LogP contribution in [0.3, 0.4) is 0 Å². The Morgan fingerprint density at radius 1 is 1.34 bits per heavy atom. The van der Waals surface area contributed by atoms with Crippen LogP contribution in [0.1, 0.15) is 51.0 Å². The number of carbonyl (C=O) groups excluding carboxylic acids is 2. The number of rotatable bonds is 7. The molecule has 1 heterocycles. The number of methoxy groups -OCH3 is 1. The van der Waals surface area contributed by atoms with E-state index in [-0.39, 0.29) is 18.9 Å². The largest absolute Gasteiger partial charge is 0.504 e. The predicted molar refractivity (Wildman–Crippen MR) is 120 cm³/mol. The maximum Gasteiger partial charge on any atom is 0.247 e. The van der Waals surface area contributed by atoms with Crippen molar-refractivity contribution in [2.75, 3.05) is 19.0 Å². The smallest absolute Gasteiger partial charge is 0.247 e. The van der Waals surface area contributed by atoms with Gasteiger partial charge in [0.1, 0.15) is 18.3 Å². The number of para-hydroxylation sites is 1. The fourth-order valence-corrected chi connectivity index (χ4v) is 4.73. The zero-order valence-corrected chi connectivity index (χ0v) is 18.6. The van der Waals surface area contributed by atoms with E-state index in [1.807, 2.05) is 25.1 Å². The van der Waals surface area contributed by atoms with E-state index in [9.17, 15) is 19.2 Å². The lowest BCUT2D eigenvalue weighted by atomic mass is 9.77. The van der Waals surface area contributed by atoms with Gasteiger partial charge in [0, 0.05) is 12.0 Å². The molecule has 0 bridgehead atoms. The van der Waals surface area contributed by atoms with Crippen LogP contribution in [-0.4, -0.2) is 42.6 Å². The minimum atomic E-state index is -1.28. The lowest BCUT2D eigenvalue weighted by Gasteiger charge is -2.35. The minimum absolute atomic E-state index is 0.0590. The molecular formula is C25H30FN3O3. The second kappa shape index (κ2) is 10.4. The van der Waals surface area contributed by atoms with Crippen LogP contribution in [0.5, 0.6) is 0 Å². The summed E-state index contributed by atoms with van der Waals surface area (Å²) in [4.78, 5) is 28.4. The molecule has 6 nitrogen and oxygen atoms in total. The van der Waals surface area contributed by atoms with Crippen molar-refractivity contribution in [1.29, 1.82) is 5.26 Å². The maximum atomic E-state index is 14.5. The molecule has 1 N–H and O–H groups in total. The molecule has 1 aromatic rings. The first-order chi connectivity index (χ1) is 15.5. The number of halogens is 1. The van der Waals surface area contributed by atoms with Crippen LogP contribution in [0.4, 0.5) is 10.1 Å². The highest BCUT2D eigenvalue weighted by molar-refractivity contribution is 6.00. The van der Waals surface area contributed by atoms with Gasteiger partial charge in [-0.25, -0.2) is 4.39 Å². The van der Waals surface area contributed by atoms with Gasteiger partial charge in [0.2, 0.25) is 11.8 Å². The van der Waals surface area contributed by atoms with Gasteiger partial charge in [-0.3, -0.25) is 9.59 Å². The number of ether oxygens (including phenoxy) is 1. The summed E-state index contributed by atoms with van der Waals surface area (Å²) in [6.07, 6.45) is 7.98. The van der Waals surface area contributed by atoms with E-state index >= 15 is 0 Å². The summed E-state index contributed by atoms with van der Waals surface area (Å²) >= 11 is 0. The van der Waals surface area contributed by atoms with E-state index in [4.69, 9.17) is 4.74 Å². The van der Waals surface area contributed by atoms with Gasteiger partial charge in [-0.15, -0.1) is 0 Å². The van der Waals surface area contributed by atoms with Crippen LogP contribution < -0.4 is 5.32 Å². The number of nitriles is 1. The normalized spacial score (nSPS) is 22.7. The Hall–Kier alpha value is -3.14. The summed E-state index contributed by atoms with van der Waals surface area (Å²) in [5.74, 6) is -0.705. The van der Waals surface area contributed by atoms with Crippen LogP contribution in [0.15, 0.2) is 48.3 Å². The third-order valence-corrected chi connectivity index (χ3v) is 6.32. The Morgan fingerprint density at radius 3 is 2.72 bits per heavy atom. The third-order valence-electron chi connectivity index (χ3n) is 6.32. The molecular weight excluding hydrogens is 409 g/mol. The molecule has 0 unspecified atom stereocenters. The summed E-state index contributed by atoms with van der Waals surface area (Å²) < 4.78 is 19.8. The van der Waals surface area contributed by atoms with E-state index in [1.54, 1.807) is 37.6 Å². The van der Waals surface area contributed by atoms with Gasteiger partial charge < -0.3 is 15.0 Å². The van der Waals surface area contributed by atoms with Gasteiger partial charge in [-0.2, -0.15) is 5.26 Å². The molecule has 32 heavy (non-hydrogen) atoms. The lowest BCUT2D eigenvalue weighted by Crippen LogP contribution is -2.50. The molecule has 7 heteroatoms. The van der Waals surface area contributed by atoms with Crippen molar-refractivity contribution >= 4 is 17.5 Å². The van der Waals surface area contributed by atoms with E-state index in [1.165, 1.54) is 4.90 Å². The summed E-state index contributed by atoms with van der Waals surface area (Å²) in [5, 5.41) is 12.0. The molecule has 1 aromatic carbocycles. The van der Waals surface area contributed by atoms with E-state index in [2.05, 4.69) is 5.32 Å². The number of hydrogen-bond acceptors (Lipinski definition) is 4. The molecule has 2 fully saturated rings. The molecule has 3 rings (SSSR count). The first-order valence-electron chi connectivity index (χ1n) is 11.1. The predicted octanol–water partition coefficient (Wildman–Crippen LogP) is 4.49. The number of likely N-dealkylation sites (tertiary alicyclic amines) is 1. The second-order valence-corrected chi connectivity index (χ2v) is 8.36. The Kier molecular flexibility index (Phi) is 7.68. The highest BCUT2D eigenvalue weighted by Gasteiger charge is 2.51. The van der Waals surface area contributed by atoms with Crippen LogP contribution in [0.2, 0.25) is 0 Å². The number of anilines is 1. The van der Waals surface area contributed by atoms with Crippen molar-refractivity contribution < 1.29 is 18.7 Å². The molecule has 170 valence electrons. The highest BCUT2D eigenvalue weighted by Crippen LogP contribution is 2.47.